The highest BCUT2D eigenvalue weighted by Gasteiger charge is 1.89. The Balaban J connectivity index is 1.98. The van der Waals surface area contributed by atoms with E-state index in [0.29, 0.717) is 0 Å². The summed E-state index contributed by atoms with van der Waals surface area (Å²) in [4.78, 5) is 3.96. The van der Waals surface area contributed by atoms with Gasteiger partial charge in [-0.2, -0.15) is 0 Å². The lowest BCUT2D eigenvalue weighted by Gasteiger charge is -1.96. The number of rotatable bonds is 3. The van der Waals surface area contributed by atoms with Gasteiger partial charge in [-0.15, -0.1) is 5.11 Å². The van der Waals surface area contributed by atoms with Gasteiger partial charge in [-0.3, -0.25) is 10.4 Å². The zero-order valence-electron chi connectivity index (χ0n) is 8.96. The van der Waals surface area contributed by atoms with Gasteiger partial charge in [-0.25, -0.2) is 0 Å². The minimum Gasteiger partial charge on any atom is -0.263 e. The maximum atomic E-state index is 4.03. The molecule has 0 aliphatic carbocycles. The van der Waals surface area contributed by atoms with E-state index in [-0.39, 0.29) is 0 Å². The molecule has 1 aromatic heterocycles. The lowest BCUT2D eigenvalue weighted by molar-refractivity contribution is 1.12. The number of pyridine rings is 1. The average molecular weight is 212 g/mol. The van der Waals surface area contributed by atoms with E-state index in [2.05, 4.69) is 20.7 Å². The molecule has 0 spiro atoms. The molecule has 4 nitrogen and oxygen atoms in total. The van der Waals surface area contributed by atoms with Crippen molar-refractivity contribution in [1.82, 2.24) is 4.98 Å². The maximum absolute atomic E-state index is 4.03. The van der Waals surface area contributed by atoms with Crippen molar-refractivity contribution in [2.75, 3.05) is 5.43 Å². The van der Waals surface area contributed by atoms with Crippen molar-refractivity contribution in [3.05, 3.63) is 54.4 Å². The molecule has 4 heteroatoms. The number of nitrogens with one attached hydrogen (secondary N) is 1. The van der Waals surface area contributed by atoms with Gasteiger partial charge in [0.25, 0.3) is 0 Å². The molecule has 0 unspecified atom stereocenters. The largest absolute Gasteiger partial charge is 0.263 e. The van der Waals surface area contributed by atoms with Gasteiger partial charge in [-0.05, 0) is 31.2 Å². The van der Waals surface area contributed by atoms with Gasteiger partial charge in [0, 0.05) is 6.20 Å². The van der Waals surface area contributed by atoms with Crippen LogP contribution in [0.1, 0.15) is 5.56 Å². The van der Waals surface area contributed by atoms with Crippen LogP contribution in [0.5, 0.6) is 0 Å². The quantitative estimate of drug-likeness (QED) is 0.625. The van der Waals surface area contributed by atoms with E-state index >= 15 is 0 Å². The minimum atomic E-state index is 0.818. The number of anilines is 1. The molecule has 2 rings (SSSR count). The molecule has 0 fully saturated rings. The second kappa shape index (κ2) is 5.02. The van der Waals surface area contributed by atoms with Gasteiger partial charge < -0.3 is 0 Å². The number of hydrogen-bond acceptors (Lipinski definition) is 3. The molecule has 0 saturated heterocycles. The zero-order valence-corrected chi connectivity index (χ0v) is 8.96. The van der Waals surface area contributed by atoms with Crippen LogP contribution < -0.4 is 5.43 Å². The summed E-state index contributed by atoms with van der Waals surface area (Å²) in [6.07, 6.45) is 3.40. The molecule has 0 radical (unpaired) electrons. The van der Waals surface area contributed by atoms with Crippen LogP contribution in [-0.2, 0) is 0 Å². The summed E-state index contributed by atoms with van der Waals surface area (Å²) in [5.74, 6) is 0. The monoisotopic (exact) mass is 212 g/mol. The predicted molar refractivity (Wildman–Crippen MR) is 63.6 cm³/mol. The maximum Gasteiger partial charge on any atom is 0.0874 e. The van der Waals surface area contributed by atoms with Crippen LogP contribution in [0.3, 0.4) is 0 Å². The zero-order chi connectivity index (χ0) is 11.2. The molecule has 1 heterocycles. The third kappa shape index (κ3) is 2.88. The lowest BCUT2D eigenvalue weighted by atomic mass is 10.2. The van der Waals surface area contributed by atoms with Gasteiger partial charge >= 0.3 is 0 Å². The molecule has 2 aromatic rings. The van der Waals surface area contributed by atoms with E-state index in [1.165, 1.54) is 5.56 Å². The fourth-order valence-corrected chi connectivity index (χ4v) is 1.18. The lowest BCUT2D eigenvalue weighted by Crippen LogP contribution is -1.86. The molecule has 1 N–H and O–H groups in total. The fourth-order valence-electron chi connectivity index (χ4n) is 1.18. The molecule has 0 atom stereocenters. The standard InChI is InChI=1S/C12H12N4/c1-10-4-6-11(7-5-10)14-16-15-12-3-2-8-13-9-12/h2-9H,1H3,(H,14,15). The summed E-state index contributed by atoms with van der Waals surface area (Å²) < 4.78 is 0. The first-order chi connectivity index (χ1) is 7.84. The van der Waals surface area contributed by atoms with Gasteiger partial charge in [0.2, 0.25) is 0 Å². The molecule has 0 saturated carbocycles. The molecule has 16 heavy (non-hydrogen) atoms. The van der Waals surface area contributed by atoms with Crippen molar-refractivity contribution < 1.29 is 0 Å². The van der Waals surface area contributed by atoms with Crippen LogP contribution in [0.2, 0.25) is 0 Å². The van der Waals surface area contributed by atoms with Crippen LogP contribution in [0, 0.1) is 6.92 Å². The van der Waals surface area contributed by atoms with Crippen molar-refractivity contribution in [3.63, 3.8) is 0 Å². The highest BCUT2D eigenvalue weighted by Crippen LogP contribution is 2.13. The van der Waals surface area contributed by atoms with Crippen LogP contribution >= 0.6 is 0 Å². The summed E-state index contributed by atoms with van der Waals surface area (Å²) in [7, 11) is 0. The smallest absolute Gasteiger partial charge is 0.0874 e. The van der Waals surface area contributed by atoms with Crippen LogP contribution in [0.25, 0.3) is 0 Å². The third-order valence-corrected chi connectivity index (χ3v) is 2.04. The second-order valence-corrected chi connectivity index (χ2v) is 3.39. The highest BCUT2D eigenvalue weighted by molar-refractivity contribution is 5.40. The van der Waals surface area contributed by atoms with E-state index < -0.39 is 0 Å². The summed E-state index contributed by atoms with van der Waals surface area (Å²) in [6.45, 7) is 2.04. The molecular formula is C12H12N4. The molecular weight excluding hydrogens is 200 g/mol. The van der Waals surface area contributed by atoms with Crippen LogP contribution in [0.4, 0.5) is 11.4 Å². The van der Waals surface area contributed by atoms with Gasteiger partial charge in [0.15, 0.2) is 0 Å². The predicted octanol–water partition coefficient (Wildman–Crippen LogP) is 3.50. The number of nitrogens with zero attached hydrogens (tertiary/aromatic N) is 3. The Bertz CT molecular complexity index is 462. The van der Waals surface area contributed by atoms with Crippen molar-refractivity contribution >= 4 is 11.4 Å². The van der Waals surface area contributed by atoms with Gasteiger partial charge in [0.1, 0.15) is 0 Å². The van der Waals surface area contributed by atoms with Crippen molar-refractivity contribution in [2.45, 2.75) is 6.92 Å². The Kier molecular flexibility index (Phi) is 3.23. The van der Waals surface area contributed by atoms with E-state index in [1.54, 1.807) is 12.4 Å². The van der Waals surface area contributed by atoms with Crippen molar-refractivity contribution in [3.8, 4) is 0 Å². The molecule has 1 aromatic carbocycles. The van der Waals surface area contributed by atoms with Crippen LogP contribution in [0.15, 0.2) is 59.1 Å². The van der Waals surface area contributed by atoms with Gasteiger partial charge in [0.05, 0.1) is 17.6 Å². The van der Waals surface area contributed by atoms with Crippen LogP contribution in [-0.4, -0.2) is 4.98 Å². The fraction of sp³-hybridized carbons (Fsp3) is 0.0833. The summed E-state index contributed by atoms with van der Waals surface area (Å²) in [5, 5.41) is 7.91. The Morgan fingerprint density at radius 3 is 2.62 bits per heavy atom. The van der Waals surface area contributed by atoms with E-state index in [4.69, 9.17) is 0 Å². The molecule has 0 amide bonds. The number of benzene rings is 1. The minimum absolute atomic E-state index is 0.818. The number of aromatic nitrogens is 1. The normalized spacial score (nSPS) is 10.6. The topological polar surface area (TPSA) is 49.6 Å². The average Bonchev–Trinajstić information content (AvgIpc) is 2.33. The third-order valence-electron chi connectivity index (χ3n) is 2.04. The van der Waals surface area contributed by atoms with Crippen molar-refractivity contribution in [1.29, 1.82) is 0 Å². The van der Waals surface area contributed by atoms with E-state index in [0.717, 1.165) is 11.4 Å². The highest BCUT2D eigenvalue weighted by atomic mass is 15.4. The second-order valence-electron chi connectivity index (χ2n) is 3.39. The van der Waals surface area contributed by atoms with E-state index in [9.17, 15) is 0 Å². The Labute approximate surface area is 94.0 Å². The Morgan fingerprint density at radius 2 is 1.94 bits per heavy atom. The summed E-state index contributed by atoms with van der Waals surface area (Å²) in [6, 6.07) is 11.6. The number of hydrogen-bond donors (Lipinski definition) is 1. The first-order valence-corrected chi connectivity index (χ1v) is 4.98. The van der Waals surface area contributed by atoms with Gasteiger partial charge in [-0.1, -0.05) is 22.9 Å². The molecule has 80 valence electrons. The Morgan fingerprint density at radius 1 is 1.12 bits per heavy atom. The Hall–Kier alpha value is -2.23. The SMILES string of the molecule is Cc1ccc(N=NNc2cccnc2)cc1. The van der Waals surface area contributed by atoms with E-state index in [1.807, 2.05) is 43.3 Å². The summed E-state index contributed by atoms with van der Waals surface area (Å²) >= 11 is 0. The van der Waals surface area contributed by atoms with Crippen molar-refractivity contribution in [2.24, 2.45) is 10.3 Å². The molecule has 0 bridgehead atoms. The molecule has 0 aliphatic rings. The first kappa shape index (κ1) is 10.3. The number of aryl methyl sites for hydroxylation is 1. The summed E-state index contributed by atoms with van der Waals surface area (Å²) in [5.41, 5.74) is 5.65. The first-order valence-electron chi connectivity index (χ1n) is 4.98. The molecule has 0 aliphatic heterocycles.